The Labute approximate surface area is 123 Å². The van der Waals surface area contributed by atoms with E-state index in [-0.39, 0.29) is 0 Å². The molecule has 1 saturated heterocycles. The molecule has 0 bridgehead atoms. The van der Waals surface area contributed by atoms with Gasteiger partial charge in [-0.25, -0.2) is 17.9 Å². The molecule has 1 aromatic carbocycles. The summed E-state index contributed by atoms with van der Waals surface area (Å²) < 4.78 is 25.6. The molecule has 1 fully saturated rings. The molecule has 20 heavy (non-hydrogen) atoms. The van der Waals surface area contributed by atoms with Crippen LogP contribution in [0.15, 0.2) is 29.7 Å². The summed E-state index contributed by atoms with van der Waals surface area (Å²) in [6.45, 7) is 1.19. The molecule has 0 atom stereocenters. The molecule has 0 saturated carbocycles. The third-order valence-corrected chi connectivity index (χ3v) is 4.10. The van der Waals surface area contributed by atoms with E-state index in [4.69, 9.17) is 11.6 Å². The molecule has 0 aromatic heterocycles. The number of halogens is 1. The first-order chi connectivity index (χ1) is 9.46. The predicted octanol–water partition coefficient (Wildman–Crippen LogP) is 2.45. The molecule has 7 heteroatoms. The third-order valence-electron chi connectivity index (χ3n) is 2.91. The zero-order valence-electron chi connectivity index (χ0n) is 10.8. The maximum atomic E-state index is 11.8. The van der Waals surface area contributed by atoms with Crippen molar-refractivity contribution in [1.82, 2.24) is 9.62 Å². The quantitative estimate of drug-likeness (QED) is 0.932. The van der Waals surface area contributed by atoms with Gasteiger partial charge in [0.1, 0.15) is 0 Å². The van der Waals surface area contributed by atoms with Gasteiger partial charge in [0.15, 0.2) is 0 Å². The topological polar surface area (TPSA) is 66.5 Å². The zero-order valence-corrected chi connectivity index (χ0v) is 12.3. The highest BCUT2D eigenvalue weighted by molar-refractivity contribution is 7.93. The molecule has 0 radical (unpaired) electrons. The minimum absolute atomic E-state index is 0.519. The highest BCUT2D eigenvalue weighted by Gasteiger charge is 2.21. The lowest BCUT2D eigenvalue weighted by Gasteiger charge is -2.14. The molecule has 2 amide bonds. The van der Waals surface area contributed by atoms with Crippen LogP contribution in [-0.2, 0) is 10.0 Å². The largest absolute Gasteiger partial charge is 0.331 e. The fourth-order valence-corrected chi connectivity index (χ4v) is 2.89. The van der Waals surface area contributed by atoms with Gasteiger partial charge in [-0.1, -0.05) is 23.7 Å². The van der Waals surface area contributed by atoms with Crippen LogP contribution in [0.2, 0.25) is 5.02 Å². The zero-order chi connectivity index (χ0) is 14.6. The summed E-state index contributed by atoms with van der Waals surface area (Å²) in [6.07, 6.45) is 3.21. The number of carbonyl (C=O) groups excluding carboxylic acids is 1. The molecule has 0 unspecified atom stereocenters. The lowest BCUT2D eigenvalue weighted by Crippen LogP contribution is -2.40. The van der Waals surface area contributed by atoms with Gasteiger partial charge >= 0.3 is 6.03 Å². The number of urea groups is 1. The number of sulfonamides is 1. The van der Waals surface area contributed by atoms with Crippen molar-refractivity contribution in [2.75, 3.05) is 13.1 Å². The Balaban J connectivity index is 2.01. The minimum atomic E-state index is -3.79. The first kappa shape index (κ1) is 14.9. The van der Waals surface area contributed by atoms with Crippen molar-refractivity contribution in [1.29, 1.82) is 0 Å². The Morgan fingerprint density at radius 2 is 2.00 bits per heavy atom. The van der Waals surface area contributed by atoms with Gasteiger partial charge < -0.3 is 4.90 Å². The number of amides is 2. The summed E-state index contributed by atoms with van der Waals surface area (Å²) in [5, 5.41) is 1.48. The van der Waals surface area contributed by atoms with Crippen molar-refractivity contribution in [2.45, 2.75) is 12.8 Å². The number of carbonyl (C=O) groups is 1. The Morgan fingerprint density at radius 3 is 2.65 bits per heavy atom. The lowest BCUT2D eigenvalue weighted by atomic mass is 10.2. The highest BCUT2D eigenvalue weighted by Crippen LogP contribution is 2.12. The summed E-state index contributed by atoms with van der Waals surface area (Å²) in [7, 11) is -3.79. The highest BCUT2D eigenvalue weighted by atomic mass is 35.5. The predicted molar refractivity (Wildman–Crippen MR) is 78.7 cm³/mol. The molecule has 1 heterocycles. The summed E-state index contributed by atoms with van der Waals surface area (Å²) in [6, 6.07) is 6.20. The molecule has 0 aliphatic carbocycles. The molecule has 0 spiro atoms. The van der Waals surface area contributed by atoms with Crippen LogP contribution in [0, 0.1) is 0 Å². The standard InChI is InChI=1S/C13H15ClN2O3S/c14-12-5-3-4-11(10-12)6-9-20(18,19)15-13(17)16-7-1-2-8-16/h3-6,9-10H,1-2,7-8H2,(H,15,17)/b9-6+. The van der Waals surface area contributed by atoms with E-state index < -0.39 is 16.1 Å². The smallest absolute Gasteiger partial charge is 0.324 e. The Morgan fingerprint density at radius 1 is 1.30 bits per heavy atom. The Bertz CT molecular complexity index is 622. The third kappa shape index (κ3) is 4.25. The van der Waals surface area contributed by atoms with Crippen molar-refractivity contribution in [3.63, 3.8) is 0 Å². The number of likely N-dealkylation sites (tertiary alicyclic amines) is 1. The van der Waals surface area contributed by atoms with E-state index in [2.05, 4.69) is 0 Å². The second-order valence-electron chi connectivity index (χ2n) is 4.50. The van der Waals surface area contributed by atoms with Crippen LogP contribution < -0.4 is 4.72 Å². The number of nitrogens with zero attached hydrogens (tertiary/aromatic N) is 1. The average Bonchev–Trinajstić information content (AvgIpc) is 2.90. The first-order valence-electron chi connectivity index (χ1n) is 6.22. The van der Waals surface area contributed by atoms with Crippen LogP contribution in [-0.4, -0.2) is 32.4 Å². The van der Waals surface area contributed by atoms with E-state index in [1.54, 1.807) is 24.3 Å². The maximum Gasteiger partial charge on any atom is 0.331 e. The van der Waals surface area contributed by atoms with Crippen LogP contribution in [0.3, 0.4) is 0 Å². The van der Waals surface area contributed by atoms with Crippen LogP contribution in [0.4, 0.5) is 4.79 Å². The fraction of sp³-hybridized carbons (Fsp3) is 0.308. The van der Waals surface area contributed by atoms with Crippen molar-refractivity contribution in [3.05, 3.63) is 40.3 Å². The summed E-state index contributed by atoms with van der Waals surface area (Å²) in [4.78, 5) is 13.2. The van der Waals surface area contributed by atoms with Gasteiger partial charge in [0.25, 0.3) is 10.0 Å². The van der Waals surface area contributed by atoms with E-state index >= 15 is 0 Å². The Hall–Kier alpha value is -1.53. The SMILES string of the molecule is O=C(NS(=O)(=O)/C=C/c1cccc(Cl)c1)N1CCCC1. The normalized spacial score (nSPS) is 15.8. The van der Waals surface area contributed by atoms with Gasteiger partial charge in [0, 0.05) is 18.1 Å². The van der Waals surface area contributed by atoms with Crippen molar-refractivity contribution < 1.29 is 13.2 Å². The molecule has 2 rings (SSSR count). The summed E-state index contributed by atoms with van der Waals surface area (Å²) in [5.74, 6) is 0. The molecule has 5 nitrogen and oxygen atoms in total. The summed E-state index contributed by atoms with van der Waals surface area (Å²) >= 11 is 5.81. The number of nitrogens with one attached hydrogen (secondary N) is 1. The summed E-state index contributed by atoms with van der Waals surface area (Å²) in [5.41, 5.74) is 0.650. The van der Waals surface area contributed by atoms with E-state index in [0.717, 1.165) is 18.2 Å². The fourth-order valence-electron chi connectivity index (χ4n) is 1.92. The van der Waals surface area contributed by atoms with E-state index in [1.165, 1.54) is 11.0 Å². The second-order valence-corrected chi connectivity index (χ2v) is 6.51. The van der Waals surface area contributed by atoms with E-state index in [0.29, 0.717) is 23.7 Å². The van der Waals surface area contributed by atoms with Gasteiger partial charge in [-0.15, -0.1) is 0 Å². The van der Waals surface area contributed by atoms with Crippen LogP contribution in [0.1, 0.15) is 18.4 Å². The van der Waals surface area contributed by atoms with Gasteiger partial charge in [-0.05, 0) is 36.6 Å². The maximum absolute atomic E-state index is 11.8. The molecule has 1 aliphatic heterocycles. The number of benzene rings is 1. The van der Waals surface area contributed by atoms with Gasteiger partial charge in [0.05, 0.1) is 5.41 Å². The van der Waals surface area contributed by atoms with Crippen LogP contribution in [0.25, 0.3) is 6.08 Å². The molecule has 108 valence electrons. The number of hydrogen-bond donors (Lipinski definition) is 1. The molecule has 1 aliphatic rings. The van der Waals surface area contributed by atoms with Crippen LogP contribution >= 0.6 is 11.6 Å². The Kier molecular flexibility index (Phi) is 4.67. The lowest BCUT2D eigenvalue weighted by molar-refractivity contribution is 0.215. The molecular weight excluding hydrogens is 300 g/mol. The first-order valence-corrected chi connectivity index (χ1v) is 8.14. The number of hydrogen-bond acceptors (Lipinski definition) is 3. The monoisotopic (exact) mass is 314 g/mol. The van der Waals surface area contributed by atoms with Gasteiger partial charge in [-0.3, -0.25) is 0 Å². The van der Waals surface area contributed by atoms with Crippen LogP contribution in [0.5, 0.6) is 0 Å². The minimum Gasteiger partial charge on any atom is -0.324 e. The number of rotatable bonds is 3. The van der Waals surface area contributed by atoms with Crippen molar-refractivity contribution in [2.24, 2.45) is 0 Å². The van der Waals surface area contributed by atoms with Crippen molar-refractivity contribution >= 4 is 33.7 Å². The van der Waals surface area contributed by atoms with Gasteiger partial charge in [0.2, 0.25) is 0 Å². The molecular formula is C13H15ClN2O3S. The second kappa shape index (κ2) is 6.28. The van der Waals surface area contributed by atoms with E-state index in [1.807, 2.05) is 4.72 Å². The van der Waals surface area contributed by atoms with E-state index in [9.17, 15) is 13.2 Å². The molecule has 1 N–H and O–H groups in total. The van der Waals surface area contributed by atoms with Crippen molar-refractivity contribution in [3.8, 4) is 0 Å². The molecule has 1 aromatic rings. The average molecular weight is 315 g/mol. The van der Waals surface area contributed by atoms with Gasteiger partial charge in [-0.2, -0.15) is 0 Å².